The van der Waals surface area contributed by atoms with Crippen molar-refractivity contribution in [3.05, 3.63) is 29.8 Å². The van der Waals surface area contributed by atoms with Gasteiger partial charge in [0.15, 0.2) is 0 Å². The molecule has 0 radical (unpaired) electrons. The number of nitrogens with one attached hydrogen (secondary N) is 2. The lowest BCUT2D eigenvalue weighted by Gasteiger charge is -2.25. The molecule has 98 valence electrons. The summed E-state index contributed by atoms with van der Waals surface area (Å²) >= 11 is 0. The molecule has 6 heteroatoms. The minimum absolute atomic E-state index is 0.0919. The molecular weight excluding hydrogens is 252 g/mol. The minimum Gasteiger partial charge on any atom is -0.385 e. The molecule has 1 aromatic carbocycles. The van der Waals surface area contributed by atoms with Crippen molar-refractivity contribution in [3.8, 4) is 0 Å². The van der Waals surface area contributed by atoms with E-state index in [2.05, 4.69) is 10.0 Å². The van der Waals surface area contributed by atoms with E-state index in [4.69, 9.17) is 0 Å². The number of hydrogen-bond donors (Lipinski definition) is 2. The van der Waals surface area contributed by atoms with E-state index in [0.717, 1.165) is 11.3 Å². The Labute approximate surface area is 107 Å². The van der Waals surface area contributed by atoms with Gasteiger partial charge in [-0.2, -0.15) is 0 Å². The van der Waals surface area contributed by atoms with Crippen LogP contribution >= 0.6 is 0 Å². The van der Waals surface area contributed by atoms with Gasteiger partial charge in [0.2, 0.25) is 15.9 Å². The fourth-order valence-electron chi connectivity index (χ4n) is 2.04. The molecule has 1 unspecified atom stereocenters. The van der Waals surface area contributed by atoms with Crippen molar-refractivity contribution < 1.29 is 13.2 Å². The maximum Gasteiger partial charge on any atom is 0.241 e. The van der Waals surface area contributed by atoms with Crippen LogP contribution in [0.25, 0.3) is 0 Å². The van der Waals surface area contributed by atoms with Crippen LogP contribution in [-0.2, 0) is 14.8 Å². The number of rotatable bonds is 3. The number of sulfonamides is 1. The van der Waals surface area contributed by atoms with Crippen LogP contribution in [0.4, 0.5) is 5.69 Å². The number of benzene rings is 1. The monoisotopic (exact) mass is 268 g/mol. The molecule has 1 aromatic rings. The lowest BCUT2D eigenvalue weighted by Crippen LogP contribution is -2.37. The van der Waals surface area contributed by atoms with Crippen LogP contribution in [0, 0.1) is 0 Å². The Morgan fingerprint density at radius 2 is 2.17 bits per heavy atom. The highest BCUT2D eigenvalue weighted by Crippen LogP contribution is 2.31. The lowest BCUT2D eigenvalue weighted by atomic mass is 9.90. The van der Waals surface area contributed by atoms with Gasteiger partial charge in [0.05, 0.1) is 11.7 Å². The molecule has 0 spiro atoms. The Hall–Kier alpha value is -1.56. The number of amides is 1. The van der Waals surface area contributed by atoms with Crippen molar-refractivity contribution in [2.24, 2.45) is 0 Å². The number of anilines is 1. The Bertz CT molecular complexity index is 554. The highest BCUT2D eigenvalue weighted by atomic mass is 32.2. The second-order valence-corrected chi connectivity index (χ2v) is 6.24. The van der Waals surface area contributed by atoms with Gasteiger partial charge >= 0.3 is 0 Å². The predicted octanol–water partition coefficient (Wildman–Crippen LogP) is 1.05. The molecule has 1 heterocycles. The van der Waals surface area contributed by atoms with Crippen molar-refractivity contribution in [1.29, 1.82) is 0 Å². The van der Waals surface area contributed by atoms with Crippen molar-refractivity contribution in [3.63, 3.8) is 0 Å². The van der Waals surface area contributed by atoms with Crippen LogP contribution < -0.4 is 10.0 Å². The van der Waals surface area contributed by atoms with Gasteiger partial charge in [0.25, 0.3) is 0 Å². The first-order valence-corrected chi connectivity index (χ1v) is 7.56. The van der Waals surface area contributed by atoms with E-state index in [1.165, 1.54) is 6.92 Å². The summed E-state index contributed by atoms with van der Waals surface area (Å²) in [6.45, 7) is 2.17. The summed E-state index contributed by atoms with van der Waals surface area (Å²) in [5.41, 5.74) is 1.75. The van der Waals surface area contributed by atoms with E-state index in [9.17, 15) is 13.2 Å². The van der Waals surface area contributed by atoms with E-state index in [1.54, 1.807) is 0 Å². The first kappa shape index (κ1) is 12.9. The van der Waals surface area contributed by atoms with Crippen LogP contribution in [0.3, 0.4) is 0 Å². The Morgan fingerprint density at radius 1 is 1.44 bits per heavy atom. The smallest absolute Gasteiger partial charge is 0.241 e. The largest absolute Gasteiger partial charge is 0.385 e. The van der Waals surface area contributed by atoms with Crippen LogP contribution in [0.2, 0.25) is 0 Å². The van der Waals surface area contributed by atoms with Gasteiger partial charge in [-0.1, -0.05) is 18.2 Å². The molecular formula is C12H16N2O3S. The average Bonchev–Trinajstić information content (AvgIpc) is 2.37. The molecule has 0 fully saturated rings. The van der Waals surface area contributed by atoms with E-state index in [1.807, 2.05) is 24.3 Å². The van der Waals surface area contributed by atoms with Gasteiger partial charge in [-0.15, -0.1) is 0 Å². The fourth-order valence-corrected chi connectivity index (χ4v) is 2.63. The summed E-state index contributed by atoms with van der Waals surface area (Å²) in [7, 11) is -3.49. The Balaban J connectivity index is 2.23. The normalized spacial score (nSPS) is 18.6. The predicted molar refractivity (Wildman–Crippen MR) is 69.9 cm³/mol. The summed E-state index contributed by atoms with van der Waals surface area (Å²) in [5, 5.41) is 3.19. The first-order chi connectivity index (χ1) is 8.53. The SMILES string of the molecule is CCS(=O)(=O)NC(=O)C1CCNc2ccccc21. The molecule has 5 nitrogen and oxygen atoms in total. The van der Waals surface area contributed by atoms with Crippen LogP contribution in [0.15, 0.2) is 24.3 Å². The maximum atomic E-state index is 12.0. The molecule has 1 atom stereocenters. The zero-order chi connectivity index (χ0) is 13.2. The van der Waals surface area contributed by atoms with Crippen molar-refractivity contribution in [2.45, 2.75) is 19.3 Å². The topological polar surface area (TPSA) is 75.3 Å². The lowest BCUT2D eigenvalue weighted by molar-refractivity contribution is -0.120. The molecule has 1 aliphatic heterocycles. The van der Waals surface area contributed by atoms with E-state index < -0.39 is 21.8 Å². The average molecular weight is 268 g/mol. The number of hydrogen-bond acceptors (Lipinski definition) is 4. The van der Waals surface area contributed by atoms with Gasteiger partial charge in [-0.05, 0) is 25.0 Å². The highest BCUT2D eigenvalue weighted by Gasteiger charge is 2.28. The quantitative estimate of drug-likeness (QED) is 0.859. The summed E-state index contributed by atoms with van der Waals surface area (Å²) < 4.78 is 25.0. The zero-order valence-electron chi connectivity index (χ0n) is 10.1. The number of fused-ring (bicyclic) bond motifs is 1. The summed E-state index contributed by atoms with van der Waals surface area (Å²) in [6.07, 6.45) is 0.599. The Morgan fingerprint density at radius 3 is 2.89 bits per heavy atom. The third-order valence-corrected chi connectivity index (χ3v) is 4.31. The molecule has 0 aliphatic carbocycles. The van der Waals surface area contributed by atoms with E-state index in [-0.39, 0.29) is 5.75 Å². The summed E-state index contributed by atoms with van der Waals surface area (Å²) in [5.74, 6) is -0.930. The number of carbonyl (C=O) groups excluding carboxylic acids is 1. The summed E-state index contributed by atoms with van der Waals surface area (Å²) in [4.78, 5) is 12.0. The van der Waals surface area contributed by atoms with Crippen molar-refractivity contribution in [2.75, 3.05) is 17.6 Å². The van der Waals surface area contributed by atoms with Gasteiger partial charge in [0, 0.05) is 12.2 Å². The fraction of sp³-hybridized carbons (Fsp3) is 0.417. The van der Waals surface area contributed by atoms with Crippen molar-refractivity contribution in [1.82, 2.24) is 4.72 Å². The Kier molecular flexibility index (Phi) is 3.56. The van der Waals surface area contributed by atoms with Gasteiger partial charge in [0.1, 0.15) is 0 Å². The number of carbonyl (C=O) groups is 1. The third kappa shape index (κ3) is 2.64. The van der Waals surface area contributed by atoms with Crippen LogP contribution in [-0.4, -0.2) is 26.6 Å². The third-order valence-electron chi connectivity index (χ3n) is 3.04. The van der Waals surface area contributed by atoms with E-state index >= 15 is 0 Å². The van der Waals surface area contributed by atoms with Gasteiger partial charge < -0.3 is 5.32 Å². The molecule has 2 N–H and O–H groups in total. The summed E-state index contributed by atoms with van der Waals surface area (Å²) in [6, 6.07) is 7.47. The van der Waals surface area contributed by atoms with Crippen LogP contribution in [0.5, 0.6) is 0 Å². The molecule has 0 saturated carbocycles. The molecule has 0 bridgehead atoms. The molecule has 0 aromatic heterocycles. The van der Waals surface area contributed by atoms with Crippen molar-refractivity contribution >= 4 is 21.6 Å². The minimum atomic E-state index is -3.49. The maximum absolute atomic E-state index is 12.0. The molecule has 1 aliphatic rings. The standard InChI is InChI=1S/C12H16N2O3S/c1-2-18(16,17)14-12(15)10-7-8-13-11-6-4-3-5-9(10)11/h3-6,10,13H,2,7-8H2,1H3,(H,14,15). The molecule has 18 heavy (non-hydrogen) atoms. The zero-order valence-corrected chi connectivity index (χ0v) is 11.0. The molecule has 0 saturated heterocycles. The van der Waals surface area contributed by atoms with E-state index in [0.29, 0.717) is 13.0 Å². The number of para-hydroxylation sites is 1. The highest BCUT2D eigenvalue weighted by molar-refractivity contribution is 7.90. The second-order valence-electron chi connectivity index (χ2n) is 4.23. The molecule has 2 rings (SSSR count). The van der Waals surface area contributed by atoms with Gasteiger partial charge in [-0.25, -0.2) is 8.42 Å². The first-order valence-electron chi connectivity index (χ1n) is 5.90. The van der Waals surface area contributed by atoms with Gasteiger partial charge in [-0.3, -0.25) is 9.52 Å². The van der Waals surface area contributed by atoms with Crippen LogP contribution in [0.1, 0.15) is 24.8 Å². The second kappa shape index (κ2) is 4.97. The molecule has 1 amide bonds.